The Morgan fingerprint density at radius 2 is 2.38 bits per heavy atom. The van der Waals surface area contributed by atoms with E-state index in [4.69, 9.17) is 11.2 Å². The Balaban J connectivity index is 2.73. The van der Waals surface area contributed by atoms with Crippen LogP contribution in [-0.2, 0) is 4.74 Å². The largest absolute Gasteiger partial charge is 0.448 e. The molecule has 0 saturated heterocycles. The Bertz CT molecular complexity index is 338. The number of carbonyl (C=O) groups excluding carboxylic acids is 1. The third-order valence-corrected chi connectivity index (χ3v) is 2.79. The molecule has 68 valence electrons. The van der Waals surface area contributed by atoms with Gasteiger partial charge in [-0.15, -0.1) is 17.8 Å². The molecule has 0 aliphatic rings. The predicted molar refractivity (Wildman–Crippen MR) is 52.9 cm³/mol. The molecule has 0 atom stereocenters. The standard InChI is InChI=1S/C10H10O2S/c1-4-5-12-10(11)9-6-7(2)8(3)13-9/h1,6H,5H2,2-3H3. The molecule has 0 amide bonds. The zero-order chi connectivity index (χ0) is 9.84. The molecule has 13 heavy (non-hydrogen) atoms. The summed E-state index contributed by atoms with van der Waals surface area (Å²) in [7, 11) is 0. The van der Waals surface area contributed by atoms with Crippen LogP contribution in [0.5, 0.6) is 0 Å². The van der Waals surface area contributed by atoms with Gasteiger partial charge in [-0.2, -0.15) is 0 Å². The molecular weight excluding hydrogens is 184 g/mol. The van der Waals surface area contributed by atoms with Gasteiger partial charge in [-0.3, -0.25) is 0 Å². The van der Waals surface area contributed by atoms with Crippen LogP contribution in [0.15, 0.2) is 6.07 Å². The average molecular weight is 194 g/mol. The predicted octanol–water partition coefficient (Wildman–Crippen LogP) is 2.15. The van der Waals surface area contributed by atoms with E-state index in [2.05, 4.69) is 5.92 Å². The normalized spacial score (nSPS) is 9.31. The van der Waals surface area contributed by atoms with Gasteiger partial charge >= 0.3 is 5.97 Å². The number of esters is 1. The van der Waals surface area contributed by atoms with E-state index < -0.39 is 0 Å². The second-order valence-corrected chi connectivity index (χ2v) is 3.89. The van der Waals surface area contributed by atoms with Crippen LogP contribution >= 0.6 is 11.3 Å². The maximum Gasteiger partial charge on any atom is 0.349 e. The minimum Gasteiger partial charge on any atom is -0.448 e. The summed E-state index contributed by atoms with van der Waals surface area (Å²) in [4.78, 5) is 13.0. The fourth-order valence-electron chi connectivity index (χ4n) is 0.852. The van der Waals surface area contributed by atoms with Gasteiger partial charge in [0.05, 0.1) is 0 Å². The van der Waals surface area contributed by atoms with Gasteiger partial charge in [0.15, 0.2) is 6.61 Å². The molecule has 3 heteroatoms. The minimum atomic E-state index is -0.334. The van der Waals surface area contributed by atoms with Gasteiger partial charge in [-0.05, 0) is 25.5 Å². The van der Waals surface area contributed by atoms with Crippen molar-refractivity contribution in [2.24, 2.45) is 0 Å². The molecule has 0 aliphatic carbocycles. The first-order chi connectivity index (χ1) is 6.15. The van der Waals surface area contributed by atoms with Gasteiger partial charge in [0.25, 0.3) is 0 Å². The van der Waals surface area contributed by atoms with Gasteiger partial charge in [0, 0.05) is 4.88 Å². The zero-order valence-electron chi connectivity index (χ0n) is 7.59. The van der Waals surface area contributed by atoms with E-state index in [0.29, 0.717) is 4.88 Å². The highest BCUT2D eigenvalue weighted by Crippen LogP contribution is 2.21. The molecule has 0 N–H and O–H groups in total. The van der Waals surface area contributed by atoms with Gasteiger partial charge < -0.3 is 4.74 Å². The lowest BCUT2D eigenvalue weighted by molar-refractivity contribution is 0.0562. The Morgan fingerprint density at radius 1 is 1.69 bits per heavy atom. The molecule has 1 heterocycles. The van der Waals surface area contributed by atoms with Crippen LogP contribution in [0.2, 0.25) is 0 Å². The summed E-state index contributed by atoms with van der Waals surface area (Å²) in [6.07, 6.45) is 4.97. The van der Waals surface area contributed by atoms with Gasteiger partial charge in [-0.1, -0.05) is 5.92 Å². The van der Waals surface area contributed by atoms with Crippen LogP contribution in [0.1, 0.15) is 20.1 Å². The van der Waals surface area contributed by atoms with E-state index in [1.54, 1.807) is 0 Å². The second kappa shape index (κ2) is 4.11. The highest BCUT2D eigenvalue weighted by molar-refractivity contribution is 7.14. The van der Waals surface area contributed by atoms with Crippen molar-refractivity contribution in [3.63, 3.8) is 0 Å². The fourth-order valence-corrected chi connectivity index (χ4v) is 1.78. The van der Waals surface area contributed by atoms with Crippen LogP contribution in [0.25, 0.3) is 0 Å². The van der Waals surface area contributed by atoms with E-state index in [1.807, 2.05) is 19.9 Å². The molecule has 1 rings (SSSR count). The third kappa shape index (κ3) is 2.33. The number of rotatable bonds is 2. The molecule has 1 aromatic heterocycles. The van der Waals surface area contributed by atoms with Crippen molar-refractivity contribution < 1.29 is 9.53 Å². The Hall–Kier alpha value is -1.27. The second-order valence-electron chi connectivity index (χ2n) is 2.63. The number of terminal acetylenes is 1. The molecule has 0 unspecified atom stereocenters. The van der Waals surface area contributed by atoms with Crippen LogP contribution < -0.4 is 0 Å². The summed E-state index contributed by atoms with van der Waals surface area (Å²) in [5.41, 5.74) is 1.11. The summed E-state index contributed by atoms with van der Waals surface area (Å²) < 4.78 is 4.78. The topological polar surface area (TPSA) is 26.3 Å². The first-order valence-electron chi connectivity index (χ1n) is 3.82. The summed E-state index contributed by atoms with van der Waals surface area (Å²) in [5.74, 6) is 1.92. The molecule has 2 nitrogen and oxygen atoms in total. The Labute approximate surface area is 81.5 Å². The van der Waals surface area contributed by atoms with E-state index in [0.717, 1.165) is 10.4 Å². The Morgan fingerprint density at radius 3 is 2.85 bits per heavy atom. The molecule has 0 aromatic carbocycles. The lowest BCUT2D eigenvalue weighted by Gasteiger charge is -1.95. The number of aryl methyl sites for hydroxylation is 2. The van der Waals surface area contributed by atoms with Gasteiger partial charge in [0.2, 0.25) is 0 Å². The number of carbonyl (C=O) groups is 1. The smallest absolute Gasteiger partial charge is 0.349 e. The van der Waals surface area contributed by atoms with Crippen LogP contribution in [0.4, 0.5) is 0 Å². The number of thiophene rings is 1. The van der Waals surface area contributed by atoms with Crippen molar-refractivity contribution in [3.05, 3.63) is 21.4 Å². The molecule has 0 saturated carbocycles. The SMILES string of the molecule is C#CCOC(=O)c1cc(C)c(C)s1. The van der Waals surface area contributed by atoms with E-state index >= 15 is 0 Å². The lowest BCUT2D eigenvalue weighted by Crippen LogP contribution is -2.02. The minimum absolute atomic E-state index is 0.0365. The summed E-state index contributed by atoms with van der Waals surface area (Å²) in [6.45, 7) is 3.97. The van der Waals surface area contributed by atoms with Gasteiger partial charge in [-0.25, -0.2) is 4.79 Å². The molecule has 0 radical (unpaired) electrons. The monoisotopic (exact) mass is 194 g/mol. The third-order valence-electron chi connectivity index (χ3n) is 1.65. The van der Waals surface area contributed by atoms with E-state index in [1.165, 1.54) is 11.3 Å². The Kier molecular flexibility index (Phi) is 3.10. The molecule has 0 fully saturated rings. The van der Waals surface area contributed by atoms with E-state index in [9.17, 15) is 4.79 Å². The first kappa shape index (κ1) is 9.82. The highest BCUT2D eigenvalue weighted by Gasteiger charge is 2.10. The number of hydrogen-bond donors (Lipinski definition) is 0. The quantitative estimate of drug-likeness (QED) is 0.532. The van der Waals surface area contributed by atoms with Crippen molar-refractivity contribution >= 4 is 17.3 Å². The van der Waals surface area contributed by atoms with Crippen LogP contribution in [0, 0.1) is 26.2 Å². The highest BCUT2D eigenvalue weighted by atomic mass is 32.1. The average Bonchev–Trinajstić information content (AvgIpc) is 2.43. The lowest BCUT2D eigenvalue weighted by atomic mass is 10.3. The summed E-state index contributed by atoms with van der Waals surface area (Å²) in [6, 6.07) is 1.82. The van der Waals surface area contributed by atoms with Gasteiger partial charge in [0.1, 0.15) is 4.88 Å². The zero-order valence-corrected chi connectivity index (χ0v) is 8.40. The van der Waals surface area contributed by atoms with Crippen LogP contribution in [0.3, 0.4) is 0 Å². The maximum atomic E-state index is 11.3. The number of hydrogen-bond acceptors (Lipinski definition) is 3. The first-order valence-corrected chi connectivity index (χ1v) is 4.64. The number of ether oxygens (including phenoxy) is 1. The molecule has 0 spiro atoms. The molecule has 0 aliphatic heterocycles. The van der Waals surface area contributed by atoms with Crippen molar-refractivity contribution in [2.45, 2.75) is 13.8 Å². The van der Waals surface area contributed by atoms with Crippen molar-refractivity contribution in [1.29, 1.82) is 0 Å². The molecular formula is C10H10O2S. The van der Waals surface area contributed by atoms with Crippen LogP contribution in [-0.4, -0.2) is 12.6 Å². The van der Waals surface area contributed by atoms with Crippen molar-refractivity contribution in [3.8, 4) is 12.3 Å². The molecule has 1 aromatic rings. The fraction of sp³-hybridized carbons (Fsp3) is 0.300. The summed E-state index contributed by atoms with van der Waals surface area (Å²) >= 11 is 1.43. The maximum absolute atomic E-state index is 11.3. The summed E-state index contributed by atoms with van der Waals surface area (Å²) in [5, 5.41) is 0. The van der Waals surface area contributed by atoms with Crippen molar-refractivity contribution in [2.75, 3.05) is 6.61 Å². The van der Waals surface area contributed by atoms with Crippen molar-refractivity contribution in [1.82, 2.24) is 0 Å². The molecule has 0 bridgehead atoms. The van der Waals surface area contributed by atoms with E-state index in [-0.39, 0.29) is 12.6 Å².